The van der Waals surface area contributed by atoms with E-state index >= 15 is 0 Å². The van der Waals surface area contributed by atoms with E-state index in [-0.39, 0.29) is 13.2 Å². The zero-order valence-corrected chi connectivity index (χ0v) is 15.1. The third-order valence-corrected chi connectivity index (χ3v) is 4.63. The molecule has 0 radical (unpaired) electrons. The Morgan fingerprint density at radius 3 is 2.85 bits per heavy atom. The third-order valence-electron chi connectivity index (χ3n) is 4.63. The van der Waals surface area contributed by atoms with E-state index in [0.29, 0.717) is 18.1 Å². The van der Waals surface area contributed by atoms with Gasteiger partial charge in [0.15, 0.2) is 11.5 Å². The number of hydrogen-bond acceptors (Lipinski definition) is 4. The summed E-state index contributed by atoms with van der Waals surface area (Å²) < 4.78 is 16.6. The second-order valence-corrected chi connectivity index (χ2v) is 6.53. The standard InChI is InChI=1S/C21H21NO5/c1-2-3-8-25-14-5-6-17-15(10-14)16(11-20(23)24)21(22-17)13-4-7-18-19(9-13)27-12-26-18/h4-7,9-10,22H,2-3,8,11-12H2,1H3,(H,23,24). The molecule has 0 saturated carbocycles. The van der Waals surface area contributed by atoms with Crippen LogP contribution in [0.2, 0.25) is 0 Å². The fourth-order valence-corrected chi connectivity index (χ4v) is 3.28. The second kappa shape index (κ2) is 7.23. The van der Waals surface area contributed by atoms with Crippen molar-refractivity contribution in [1.82, 2.24) is 4.98 Å². The van der Waals surface area contributed by atoms with E-state index in [1.54, 1.807) is 0 Å². The molecule has 2 aromatic carbocycles. The molecule has 140 valence electrons. The van der Waals surface area contributed by atoms with Crippen molar-refractivity contribution in [2.75, 3.05) is 13.4 Å². The normalized spacial score (nSPS) is 12.5. The number of fused-ring (bicyclic) bond motifs is 2. The summed E-state index contributed by atoms with van der Waals surface area (Å²) in [6.07, 6.45) is 1.96. The molecule has 6 heteroatoms. The van der Waals surface area contributed by atoms with Gasteiger partial charge >= 0.3 is 5.97 Å². The first-order valence-electron chi connectivity index (χ1n) is 9.05. The molecule has 4 rings (SSSR count). The average molecular weight is 367 g/mol. The Kier molecular flexibility index (Phi) is 4.62. The molecule has 2 N–H and O–H groups in total. The minimum Gasteiger partial charge on any atom is -0.494 e. The highest BCUT2D eigenvalue weighted by Gasteiger charge is 2.20. The van der Waals surface area contributed by atoms with Crippen molar-refractivity contribution in [3.63, 3.8) is 0 Å². The Labute approximate surface area is 156 Å². The molecule has 0 atom stereocenters. The topological polar surface area (TPSA) is 80.8 Å². The van der Waals surface area contributed by atoms with Crippen molar-refractivity contribution in [3.05, 3.63) is 42.0 Å². The zero-order chi connectivity index (χ0) is 18.8. The van der Waals surface area contributed by atoms with Crippen LogP contribution in [0, 0.1) is 0 Å². The van der Waals surface area contributed by atoms with Gasteiger partial charge in [-0.1, -0.05) is 13.3 Å². The molecule has 1 aromatic heterocycles. The van der Waals surface area contributed by atoms with Crippen LogP contribution in [0.15, 0.2) is 36.4 Å². The van der Waals surface area contributed by atoms with Gasteiger partial charge in [-0.05, 0) is 48.4 Å². The Morgan fingerprint density at radius 1 is 1.19 bits per heavy atom. The molecule has 0 aliphatic carbocycles. The maximum Gasteiger partial charge on any atom is 0.307 e. The highest BCUT2D eigenvalue weighted by Crippen LogP contribution is 2.39. The number of unbranched alkanes of at least 4 members (excludes halogenated alkanes) is 1. The van der Waals surface area contributed by atoms with Crippen LogP contribution >= 0.6 is 0 Å². The molecule has 0 spiro atoms. The van der Waals surface area contributed by atoms with Crippen LogP contribution in [0.5, 0.6) is 17.2 Å². The average Bonchev–Trinajstić information content (AvgIpc) is 3.26. The molecule has 3 aromatic rings. The number of benzene rings is 2. The maximum absolute atomic E-state index is 11.5. The Morgan fingerprint density at radius 2 is 2.04 bits per heavy atom. The summed E-state index contributed by atoms with van der Waals surface area (Å²) in [4.78, 5) is 14.8. The fraction of sp³-hybridized carbons (Fsp3) is 0.286. The van der Waals surface area contributed by atoms with Crippen molar-refractivity contribution in [1.29, 1.82) is 0 Å². The Balaban J connectivity index is 1.78. The molecule has 2 heterocycles. The predicted molar refractivity (Wildman–Crippen MR) is 102 cm³/mol. The fourth-order valence-electron chi connectivity index (χ4n) is 3.28. The van der Waals surface area contributed by atoms with Crippen molar-refractivity contribution in [2.24, 2.45) is 0 Å². The minimum absolute atomic E-state index is 0.0812. The van der Waals surface area contributed by atoms with Gasteiger partial charge in [0.25, 0.3) is 0 Å². The van der Waals surface area contributed by atoms with E-state index in [9.17, 15) is 9.90 Å². The van der Waals surface area contributed by atoms with Gasteiger partial charge in [-0.3, -0.25) is 4.79 Å². The van der Waals surface area contributed by atoms with Crippen LogP contribution in [0.4, 0.5) is 0 Å². The molecule has 0 saturated heterocycles. The molecule has 6 nitrogen and oxygen atoms in total. The van der Waals surface area contributed by atoms with Crippen LogP contribution in [-0.4, -0.2) is 29.5 Å². The Hall–Kier alpha value is -3.15. The van der Waals surface area contributed by atoms with Crippen LogP contribution in [0.1, 0.15) is 25.3 Å². The van der Waals surface area contributed by atoms with Crippen molar-refractivity contribution in [3.8, 4) is 28.5 Å². The van der Waals surface area contributed by atoms with Crippen LogP contribution in [0.3, 0.4) is 0 Å². The first-order chi connectivity index (χ1) is 13.2. The monoisotopic (exact) mass is 367 g/mol. The lowest BCUT2D eigenvalue weighted by Crippen LogP contribution is -2.01. The van der Waals surface area contributed by atoms with Crippen molar-refractivity contribution >= 4 is 16.9 Å². The number of rotatable bonds is 7. The summed E-state index contributed by atoms with van der Waals surface area (Å²) in [5, 5.41) is 10.3. The quantitative estimate of drug-likeness (QED) is 0.606. The number of ether oxygens (including phenoxy) is 3. The predicted octanol–water partition coefficient (Wildman–Crippen LogP) is 4.37. The summed E-state index contributed by atoms with van der Waals surface area (Å²) in [5.74, 6) is 1.23. The molecular formula is C21H21NO5. The summed E-state index contributed by atoms with van der Waals surface area (Å²) >= 11 is 0. The number of carboxylic acids is 1. The van der Waals surface area contributed by atoms with Gasteiger partial charge < -0.3 is 24.3 Å². The number of carbonyl (C=O) groups is 1. The number of aromatic nitrogens is 1. The first-order valence-corrected chi connectivity index (χ1v) is 9.05. The van der Waals surface area contributed by atoms with E-state index in [1.807, 2.05) is 36.4 Å². The largest absolute Gasteiger partial charge is 0.494 e. The van der Waals surface area contributed by atoms with Gasteiger partial charge in [0.05, 0.1) is 18.7 Å². The summed E-state index contributed by atoms with van der Waals surface area (Å²) in [6, 6.07) is 11.4. The summed E-state index contributed by atoms with van der Waals surface area (Å²) in [7, 11) is 0. The number of nitrogens with one attached hydrogen (secondary N) is 1. The third kappa shape index (κ3) is 3.43. The lowest BCUT2D eigenvalue weighted by molar-refractivity contribution is -0.136. The van der Waals surface area contributed by atoms with Crippen LogP contribution in [0.25, 0.3) is 22.2 Å². The maximum atomic E-state index is 11.5. The smallest absolute Gasteiger partial charge is 0.307 e. The van der Waals surface area contributed by atoms with E-state index in [1.165, 1.54) is 0 Å². The SMILES string of the molecule is CCCCOc1ccc2[nH]c(-c3ccc4c(c3)OCO4)c(CC(=O)O)c2c1. The molecule has 0 bridgehead atoms. The number of hydrogen-bond donors (Lipinski definition) is 2. The molecule has 0 fully saturated rings. The van der Waals surface area contributed by atoms with Crippen molar-refractivity contribution < 1.29 is 24.1 Å². The van der Waals surface area contributed by atoms with Gasteiger partial charge in [0.1, 0.15) is 5.75 Å². The highest BCUT2D eigenvalue weighted by atomic mass is 16.7. The molecule has 0 amide bonds. The lowest BCUT2D eigenvalue weighted by Gasteiger charge is -2.06. The van der Waals surface area contributed by atoms with Gasteiger partial charge in [0, 0.05) is 16.5 Å². The summed E-state index contributed by atoms with van der Waals surface area (Å²) in [6.45, 7) is 2.96. The first kappa shape index (κ1) is 17.3. The van der Waals surface area contributed by atoms with Crippen molar-refractivity contribution in [2.45, 2.75) is 26.2 Å². The number of aliphatic carboxylic acids is 1. The molecular weight excluding hydrogens is 346 g/mol. The molecule has 1 aliphatic rings. The van der Waals surface area contributed by atoms with Gasteiger partial charge in [-0.25, -0.2) is 0 Å². The lowest BCUT2D eigenvalue weighted by atomic mass is 10.0. The Bertz CT molecular complexity index is 992. The minimum atomic E-state index is -0.879. The number of carboxylic acid groups (broad SMARTS) is 1. The molecule has 27 heavy (non-hydrogen) atoms. The van der Waals surface area contributed by atoms with Gasteiger partial charge in [0.2, 0.25) is 6.79 Å². The number of aromatic amines is 1. The molecule has 1 aliphatic heterocycles. The second-order valence-electron chi connectivity index (χ2n) is 6.53. The van der Waals surface area contributed by atoms with E-state index in [2.05, 4.69) is 11.9 Å². The highest BCUT2D eigenvalue weighted by molar-refractivity contribution is 5.95. The molecule has 0 unspecified atom stereocenters. The summed E-state index contributed by atoms with van der Waals surface area (Å²) in [5.41, 5.74) is 3.25. The zero-order valence-electron chi connectivity index (χ0n) is 15.1. The van der Waals surface area contributed by atoms with Crippen LogP contribution in [-0.2, 0) is 11.2 Å². The number of H-pyrrole nitrogens is 1. The van der Waals surface area contributed by atoms with Gasteiger partial charge in [-0.15, -0.1) is 0 Å². The van der Waals surface area contributed by atoms with Crippen LogP contribution < -0.4 is 14.2 Å². The van der Waals surface area contributed by atoms with Gasteiger partial charge in [-0.2, -0.15) is 0 Å². The van der Waals surface area contributed by atoms with E-state index in [4.69, 9.17) is 14.2 Å². The van der Waals surface area contributed by atoms with E-state index < -0.39 is 5.97 Å². The van der Waals surface area contributed by atoms with E-state index in [0.717, 1.165) is 46.3 Å².